The highest BCUT2D eigenvalue weighted by Crippen LogP contribution is 2.39. The van der Waals surface area contributed by atoms with E-state index in [0.717, 1.165) is 42.0 Å². The van der Waals surface area contributed by atoms with Crippen LogP contribution < -0.4 is 18.9 Å². The molecule has 0 saturated carbocycles. The molecule has 2 aromatic carbocycles. The van der Waals surface area contributed by atoms with Crippen LogP contribution in [0.4, 0.5) is 0 Å². The van der Waals surface area contributed by atoms with E-state index in [0.29, 0.717) is 28.6 Å². The SMILES string of the molecule is CCCCc1ncc(/C=C(\Cc2cc3c(cc2OC)OCO3)C(=O)OCC)n1-c1ccc(OCO)cc1. The van der Waals surface area contributed by atoms with Crippen LogP contribution in [0.1, 0.15) is 43.8 Å². The molecule has 4 rings (SSSR count). The van der Waals surface area contributed by atoms with E-state index < -0.39 is 12.8 Å². The van der Waals surface area contributed by atoms with Gasteiger partial charge in [0.15, 0.2) is 18.3 Å². The van der Waals surface area contributed by atoms with Crippen molar-refractivity contribution in [3.63, 3.8) is 0 Å². The molecule has 37 heavy (non-hydrogen) atoms. The highest BCUT2D eigenvalue weighted by molar-refractivity contribution is 5.94. The molecule has 0 bridgehead atoms. The molecule has 9 nitrogen and oxygen atoms in total. The Kier molecular flexibility index (Phi) is 8.68. The number of aromatic nitrogens is 2. The van der Waals surface area contributed by atoms with E-state index in [2.05, 4.69) is 11.9 Å². The quantitative estimate of drug-likeness (QED) is 0.217. The number of esters is 1. The van der Waals surface area contributed by atoms with Crippen molar-refractivity contribution in [2.75, 3.05) is 27.3 Å². The summed E-state index contributed by atoms with van der Waals surface area (Å²) in [5.41, 5.74) is 2.82. The molecule has 9 heteroatoms. The topological polar surface area (TPSA) is 101 Å². The molecule has 196 valence electrons. The van der Waals surface area contributed by atoms with Gasteiger partial charge in [-0.15, -0.1) is 0 Å². The van der Waals surface area contributed by atoms with Crippen molar-refractivity contribution in [2.24, 2.45) is 0 Å². The number of ether oxygens (including phenoxy) is 5. The smallest absolute Gasteiger partial charge is 0.334 e. The molecule has 0 radical (unpaired) electrons. The zero-order valence-electron chi connectivity index (χ0n) is 21.4. The minimum Gasteiger partial charge on any atom is -0.496 e. The number of hydrogen-bond acceptors (Lipinski definition) is 8. The van der Waals surface area contributed by atoms with Gasteiger partial charge in [0.1, 0.15) is 17.3 Å². The Bertz CT molecular complexity index is 1250. The van der Waals surface area contributed by atoms with Gasteiger partial charge < -0.3 is 28.8 Å². The van der Waals surface area contributed by atoms with Crippen molar-refractivity contribution >= 4 is 12.0 Å². The van der Waals surface area contributed by atoms with Crippen LogP contribution >= 0.6 is 0 Å². The lowest BCUT2D eigenvalue weighted by Crippen LogP contribution is -2.11. The Hall–Kier alpha value is -3.98. The van der Waals surface area contributed by atoms with E-state index in [4.69, 9.17) is 28.8 Å². The number of fused-ring (bicyclic) bond motifs is 1. The van der Waals surface area contributed by atoms with E-state index in [9.17, 15) is 4.79 Å². The number of rotatable bonds is 12. The molecule has 1 aromatic heterocycles. The normalized spacial score (nSPS) is 12.5. The number of nitrogens with zero attached hydrogens (tertiary/aromatic N) is 2. The molecule has 0 unspecified atom stereocenters. The second-order valence-electron chi connectivity index (χ2n) is 8.39. The van der Waals surface area contributed by atoms with Crippen LogP contribution in [-0.4, -0.2) is 47.9 Å². The van der Waals surface area contributed by atoms with Gasteiger partial charge in [-0.1, -0.05) is 13.3 Å². The van der Waals surface area contributed by atoms with Gasteiger partial charge >= 0.3 is 5.97 Å². The lowest BCUT2D eigenvalue weighted by molar-refractivity contribution is -0.138. The number of aliphatic hydroxyl groups is 1. The maximum atomic E-state index is 13.1. The first-order chi connectivity index (χ1) is 18.1. The summed E-state index contributed by atoms with van der Waals surface area (Å²) in [6.07, 6.45) is 6.62. The van der Waals surface area contributed by atoms with Gasteiger partial charge in [-0.25, -0.2) is 9.78 Å². The number of unbranched alkanes of at least 4 members (excludes halogenated alkanes) is 1. The van der Waals surface area contributed by atoms with Gasteiger partial charge in [0.05, 0.1) is 25.6 Å². The fraction of sp³-hybridized carbons (Fsp3) is 0.357. The van der Waals surface area contributed by atoms with Crippen LogP contribution in [-0.2, 0) is 22.4 Å². The summed E-state index contributed by atoms with van der Waals surface area (Å²) in [6.45, 7) is 3.91. The molecule has 0 atom stereocenters. The summed E-state index contributed by atoms with van der Waals surface area (Å²) in [4.78, 5) is 17.7. The Balaban J connectivity index is 1.76. The molecule has 0 fully saturated rings. The van der Waals surface area contributed by atoms with Gasteiger partial charge in [-0.3, -0.25) is 4.57 Å². The van der Waals surface area contributed by atoms with Gasteiger partial charge in [0, 0.05) is 35.7 Å². The fourth-order valence-corrected chi connectivity index (χ4v) is 4.17. The van der Waals surface area contributed by atoms with Crippen LogP contribution in [0, 0.1) is 0 Å². The lowest BCUT2D eigenvalue weighted by Gasteiger charge is -2.14. The second kappa shape index (κ2) is 12.3. The van der Waals surface area contributed by atoms with Crippen molar-refractivity contribution in [2.45, 2.75) is 39.5 Å². The summed E-state index contributed by atoms with van der Waals surface area (Å²) in [5.74, 6) is 2.83. The number of imidazole rings is 1. The molecule has 0 spiro atoms. The first-order valence-corrected chi connectivity index (χ1v) is 12.3. The summed E-state index contributed by atoms with van der Waals surface area (Å²) < 4.78 is 29.2. The Labute approximate surface area is 216 Å². The summed E-state index contributed by atoms with van der Waals surface area (Å²) >= 11 is 0. The van der Waals surface area contributed by atoms with Gasteiger partial charge in [-0.2, -0.15) is 0 Å². The average Bonchev–Trinajstić information content (AvgIpc) is 3.53. The maximum Gasteiger partial charge on any atom is 0.334 e. The number of aliphatic hydroxyl groups excluding tert-OH is 1. The summed E-state index contributed by atoms with van der Waals surface area (Å²) in [6, 6.07) is 11.0. The molecule has 1 N–H and O–H groups in total. The summed E-state index contributed by atoms with van der Waals surface area (Å²) in [5, 5.41) is 9.05. The molecule has 2 heterocycles. The molecule has 0 aliphatic carbocycles. The predicted molar refractivity (Wildman–Crippen MR) is 137 cm³/mol. The van der Waals surface area contributed by atoms with E-state index in [1.807, 2.05) is 28.8 Å². The number of hydrogen-bond donors (Lipinski definition) is 1. The van der Waals surface area contributed by atoms with Crippen LogP contribution in [0.5, 0.6) is 23.0 Å². The number of benzene rings is 2. The van der Waals surface area contributed by atoms with Crippen LogP contribution in [0.3, 0.4) is 0 Å². The Morgan fingerprint density at radius 1 is 1.16 bits per heavy atom. The zero-order valence-corrected chi connectivity index (χ0v) is 21.4. The fourth-order valence-electron chi connectivity index (χ4n) is 4.17. The molecule has 0 amide bonds. The number of methoxy groups -OCH3 is 1. The molecular formula is C28H32N2O7. The highest BCUT2D eigenvalue weighted by Gasteiger charge is 2.22. The van der Waals surface area contributed by atoms with Crippen molar-refractivity contribution in [3.8, 4) is 28.7 Å². The van der Waals surface area contributed by atoms with E-state index in [1.54, 1.807) is 38.4 Å². The first kappa shape index (κ1) is 26.1. The van der Waals surface area contributed by atoms with Gasteiger partial charge in [-0.05, 0) is 49.8 Å². The largest absolute Gasteiger partial charge is 0.496 e. The van der Waals surface area contributed by atoms with Crippen molar-refractivity contribution in [1.29, 1.82) is 0 Å². The second-order valence-corrected chi connectivity index (χ2v) is 8.39. The summed E-state index contributed by atoms with van der Waals surface area (Å²) in [7, 11) is 1.58. The van der Waals surface area contributed by atoms with Crippen molar-refractivity contribution in [3.05, 3.63) is 65.2 Å². The van der Waals surface area contributed by atoms with Crippen molar-refractivity contribution in [1.82, 2.24) is 9.55 Å². The third-order valence-corrected chi connectivity index (χ3v) is 5.96. The minimum absolute atomic E-state index is 0.143. The number of aryl methyl sites for hydroxylation is 1. The van der Waals surface area contributed by atoms with Gasteiger partial charge in [0.25, 0.3) is 0 Å². The number of carbonyl (C=O) groups excluding carboxylic acids is 1. The predicted octanol–water partition coefficient (Wildman–Crippen LogP) is 4.47. The van der Waals surface area contributed by atoms with Gasteiger partial charge in [0.2, 0.25) is 6.79 Å². The molecular weight excluding hydrogens is 476 g/mol. The van der Waals surface area contributed by atoms with Crippen LogP contribution in [0.15, 0.2) is 48.2 Å². The third kappa shape index (κ3) is 6.06. The third-order valence-electron chi connectivity index (χ3n) is 5.96. The standard InChI is InChI=1S/C28H32N2O7/c1-4-6-7-27-29-16-22(30(27)21-8-10-23(11-9-21)35-17-31)13-20(28(32)34-5-2)12-19-14-25-26(37-18-36-25)15-24(19)33-3/h8-11,13-16,31H,4-7,12,17-18H2,1-3H3/b20-13+. The van der Waals surface area contributed by atoms with Crippen LogP contribution in [0.25, 0.3) is 11.8 Å². The Morgan fingerprint density at radius 2 is 1.92 bits per heavy atom. The maximum absolute atomic E-state index is 13.1. The zero-order chi connectivity index (χ0) is 26.2. The van der Waals surface area contributed by atoms with E-state index >= 15 is 0 Å². The lowest BCUT2D eigenvalue weighted by atomic mass is 10.0. The van der Waals surface area contributed by atoms with Crippen molar-refractivity contribution < 1.29 is 33.6 Å². The highest BCUT2D eigenvalue weighted by atomic mass is 16.7. The monoisotopic (exact) mass is 508 g/mol. The molecule has 0 saturated heterocycles. The molecule has 1 aliphatic heterocycles. The minimum atomic E-state index is -0.420. The van der Waals surface area contributed by atoms with E-state index in [-0.39, 0.29) is 19.8 Å². The Morgan fingerprint density at radius 3 is 2.59 bits per heavy atom. The van der Waals surface area contributed by atoms with E-state index in [1.165, 1.54) is 0 Å². The average molecular weight is 509 g/mol. The molecule has 3 aromatic rings. The number of carbonyl (C=O) groups is 1. The molecule has 1 aliphatic rings. The van der Waals surface area contributed by atoms with Crippen LogP contribution in [0.2, 0.25) is 0 Å². The first-order valence-electron chi connectivity index (χ1n) is 12.3.